The van der Waals surface area contributed by atoms with Crippen molar-refractivity contribution in [2.45, 2.75) is 18.9 Å². The van der Waals surface area contributed by atoms with Crippen molar-refractivity contribution < 1.29 is 0 Å². The number of aromatic nitrogens is 4. The maximum absolute atomic E-state index is 4.39. The smallest absolute Gasteiger partial charge is 0.0948 e. The van der Waals surface area contributed by atoms with Gasteiger partial charge in [-0.1, -0.05) is 0 Å². The molecule has 1 saturated heterocycles. The first-order valence-corrected chi connectivity index (χ1v) is 6.02. The third kappa shape index (κ3) is 2.10. The molecule has 0 spiro atoms. The standard InChI is InChI=1S/C12H17N5/c1-16-4-2-11(15-16)3-5-17-9-14-8-12(17)10-6-13-7-10/h2,4,8-10,13H,3,5-7H2,1H3. The molecule has 1 aliphatic heterocycles. The lowest BCUT2D eigenvalue weighted by Gasteiger charge is -2.27. The van der Waals surface area contributed by atoms with E-state index in [1.54, 1.807) is 0 Å². The van der Waals surface area contributed by atoms with Crippen molar-refractivity contribution in [2.24, 2.45) is 7.05 Å². The molecule has 2 aromatic rings. The van der Waals surface area contributed by atoms with Gasteiger partial charge in [-0.15, -0.1) is 0 Å². The van der Waals surface area contributed by atoms with Crippen LogP contribution in [0, 0.1) is 0 Å². The number of rotatable bonds is 4. The summed E-state index contributed by atoms with van der Waals surface area (Å²) in [6.45, 7) is 3.12. The fourth-order valence-electron chi connectivity index (χ4n) is 2.19. The summed E-state index contributed by atoms with van der Waals surface area (Å²) in [5, 5.41) is 7.69. The third-order valence-electron chi connectivity index (χ3n) is 3.32. The van der Waals surface area contributed by atoms with Gasteiger partial charge in [0, 0.05) is 57.1 Å². The predicted octanol–water partition coefficient (Wildman–Crippen LogP) is 0.546. The summed E-state index contributed by atoms with van der Waals surface area (Å²) in [6.07, 6.45) is 6.87. The van der Waals surface area contributed by atoms with Gasteiger partial charge in [-0.3, -0.25) is 4.68 Å². The summed E-state index contributed by atoms with van der Waals surface area (Å²) < 4.78 is 4.10. The number of nitrogens with zero attached hydrogens (tertiary/aromatic N) is 4. The lowest BCUT2D eigenvalue weighted by molar-refractivity contribution is 0.423. The van der Waals surface area contributed by atoms with E-state index >= 15 is 0 Å². The molecule has 0 aliphatic carbocycles. The van der Waals surface area contributed by atoms with Crippen LogP contribution in [0.3, 0.4) is 0 Å². The Bertz CT molecular complexity index is 494. The van der Waals surface area contributed by atoms with E-state index in [-0.39, 0.29) is 0 Å². The number of aryl methyl sites for hydroxylation is 3. The van der Waals surface area contributed by atoms with Crippen LogP contribution in [0.25, 0.3) is 0 Å². The molecule has 90 valence electrons. The highest BCUT2D eigenvalue weighted by atomic mass is 15.2. The zero-order valence-electron chi connectivity index (χ0n) is 10.0. The van der Waals surface area contributed by atoms with Gasteiger partial charge in [0.2, 0.25) is 0 Å². The van der Waals surface area contributed by atoms with Crippen molar-refractivity contribution >= 4 is 0 Å². The normalized spacial score (nSPS) is 16.1. The Morgan fingerprint density at radius 2 is 2.35 bits per heavy atom. The highest BCUT2D eigenvalue weighted by Gasteiger charge is 2.22. The fourth-order valence-corrected chi connectivity index (χ4v) is 2.19. The third-order valence-corrected chi connectivity index (χ3v) is 3.32. The van der Waals surface area contributed by atoms with Crippen LogP contribution in [0.15, 0.2) is 24.8 Å². The molecule has 1 fully saturated rings. The second-order valence-electron chi connectivity index (χ2n) is 4.60. The molecule has 5 heteroatoms. The first-order chi connectivity index (χ1) is 8.33. The van der Waals surface area contributed by atoms with Crippen LogP contribution in [0.1, 0.15) is 17.3 Å². The topological polar surface area (TPSA) is 47.7 Å². The van der Waals surface area contributed by atoms with Crippen LogP contribution < -0.4 is 5.32 Å². The fraction of sp³-hybridized carbons (Fsp3) is 0.500. The minimum absolute atomic E-state index is 0.640. The predicted molar refractivity (Wildman–Crippen MR) is 64.7 cm³/mol. The Balaban J connectivity index is 1.66. The van der Waals surface area contributed by atoms with Gasteiger partial charge in [0.15, 0.2) is 0 Å². The molecule has 0 amide bonds. The largest absolute Gasteiger partial charge is 0.334 e. The van der Waals surface area contributed by atoms with Gasteiger partial charge in [0.1, 0.15) is 0 Å². The number of nitrogens with one attached hydrogen (secondary N) is 1. The van der Waals surface area contributed by atoms with Crippen molar-refractivity contribution in [1.82, 2.24) is 24.6 Å². The Labute approximate surface area is 100 Å². The molecule has 3 heterocycles. The van der Waals surface area contributed by atoms with E-state index in [9.17, 15) is 0 Å². The zero-order chi connectivity index (χ0) is 11.7. The van der Waals surface area contributed by atoms with Crippen molar-refractivity contribution in [3.63, 3.8) is 0 Å². The molecule has 0 bridgehead atoms. The van der Waals surface area contributed by atoms with Crippen LogP contribution in [-0.4, -0.2) is 32.4 Å². The molecule has 2 aromatic heterocycles. The quantitative estimate of drug-likeness (QED) is 0.835. The zero-order valence-corrected chi connectivity index (χ0v) is 10.0. The summed E-state index contributed by atoms with van der Waals surface area (Å²) in [5.74, 6) is 0.640. The van der Waals surface area contributed by atoms with E-state index in [4.69, 9.17) is 0 Å². The number of hydrogen-bond donors (Lipinski definition) is 1. The van der Waals surface area contributed by atoms with Crippen molar-refractivity contribution in [1.29, 1.82) is 0 Å². The highest BCUT2D eigenvalue weighted by Crippen LogP contribution is 2.19. The maximum atomic E-state index is 4.39. The van der Waals surface area contributed by atoms with E-state index in [1.807, 2.05) is 30.5 Å². The molecule has 0 atom stereocenters. The van der Waals surface area contributed by atoms with Gasteiger partial charge >= 0.3 is 0 Å². The Morgan fingerprint density at radius 3 is 3.00 bits per heavy atom. The van der Waals surface area contributed by atoms with E-state index in [0.29, 0.717) is 5.92 Å². The summed E-state index contributed by atoms with van der Waals surface area (Å²) in [7, 11) is 1.95. The molecule has 0 aromatic carbocycles. The molecule has 0 unspecified atom stereocenters. The van der Waals surface area contributed by atoms with Crippen molar-refractivity contribution in [2.75, 3.05) is 13.1 Å². The lowest BCUT2D eigenvalue weighted by Crippen LogP contribution is -2.40. The molecule has 3 rings (SSSR count). The van der Waals surface area contributed by atoms with E-state index in [1.165, 1.54) is 5.69 Å². The summed E-state index contributed by atoms with van der Waals surface area (Å²) >= 11 is 0. The maximum Gasteiger partial charge on any atom is 0.0948 e. The number of hydrogen-bond acceptors (Lipinski definition) is 3. The van der Waals surface area contributed by atoms with E-state index in [2.05, 4.69) is 26.0 Å². The monoisotopic (exact) mass is 231 g/mol. The second-order valence-corrected chi connectivity index (χ2v) is 4.60. The van der Waals surface area contributed by atoms with Crippen molar-refractivity contribution in [3.05, 3.63) is 36.2 Å². The average molecular weight is 231 g/mol. The van der Waals surface area contributed by atoms with E-state index < -0.39 is 0 Å². The minimum Gasteiger partial charge on any atom is -0.334 e. The summed E-state index contributed by atoms with van der Waals surface area (Å²) in [5.41, 5.74) is 2.48. The highest BCUT2D eigenvalue weighted by molar-refractivity contribution is 5.12. The van der Waals surface area contributed by atoms with Gasteiger partial charge in [-0.25, -0.2) is 4.98 Å². The lowest BCUT2D eigenvalue weighted by atomic mass is 10.00. The van der Waals surface area contributed by atoms with Gasteiger partial charge in [-0.2, -0.15) is 5.10 Å². The Kier molecular flexibility index (Phi) is 2.68. The summed E-state index contributed by atoms with van der Waals surface area (Å²) in [4.78, 5) is 4.25. The van der Waals surface area contributed by atoms with Crippen LogP contribution in [0.5, 0.6) is 0 Å². The molecule has 5 nitrogen and oxygen atoms in total. The first-order valence-electron chi connectivity index (χ1n) is 6.02. The van der Waals surface area contributed by atoms with Crippen molar-refractivity contribution in [3.8, 4) is 0 Å². The summed E-state index contributed by atoms with van der Waals surface area (Å²) in [6, 6.07) is 2.07. The molecule has 0 radical (unpaired) electrons. The number of imidazole rings is 1. The van der Waals surface area contributed by atoms with Crippen LogP contribution in [0.2, 0.25) is 0 Å². The minimum atomic E-state index is 0.640. The Morgan fingerprint density at radius 1 is 1.47 bits per heavy atom. The molecule has 1 N–H and O–H groups in total. The molecular weight excluding hydrogens is 214 g/mol. The van der Waals surface area contributed by atoms with Crippen LogP contribution in [0.4, 0.5) is 0 Å². The molecular formula is C12H17N5. The van der Waals surface area contributed by atoms with Gasteiger partial charge in [-0.05, 0) is 6.07 Å². The van der Waals surface area contributed by atoms with Gasteiger partial charge in [0.25, 0.3) is 0 Å². The molecule has 0 saturated carbocycles. The van der Waals surface area contributed by atoms with Gasteiger partial charge < -0.3 is 9.88 Å². The molecule has 1 aliphatic rings. The second kappa shape index (κ2) is 4.33. The van der Waals surface area contributed by atoms with Crippen LogP contribution >= 0.6 is 0 Å². The van der Waals surface area contributed by atoms with E-state index in [0.717, 1.165) is 31.7 Å². The Hall–Kier alpha value is -1.62. The first kappa shape index (κ1) is 10.5. The average Bonchev–Trinajstić information content (AvgIpc) is 2.82. The van der Waals surface area contributed by atoms with Crippen LogP contribution in [-0.2, 0) is 20.0 Å². The van der Waals surface area contributed by atoms with Gasteiger partial charge in [0.05, 0.1) is 12.0 Å². The SMILES string of the molecule is Cn1ccc(CCn2cncc2C2CNC2)n1. The molecule has 17 heavy (non-hydrogen) atoms.